The summed E-state index contributed by atoms with van der Waals surface area (Å²) in [5.41, 5.74) is 0.550. The fraction of sp³-hybridized carbons (Fsp3) is 0.462. The summed E-state index contributed by atoms with van der Waals surface area (Å²) in [4.78, 5) is 14.1. The lowest BCUT2D eigenvalue weighted by Crippen LogP contribution is -2.38. The van der Waals surface area contributed by atoms with Crippen molar-refractivity contribution in [3.8, 4) is 0 Å². The van der Waals surface area contributed by atoms with Crippen LogP contribution in [0.5, 0.6) is 0 Å². The molecule has 1 N–H and O–H groups in total. The van der Waals surface area contributed by atoms with Gasteiger partial charge in [-0.2, -0.15) is 0 Å². The Bertz CT molecular complexity index is 423. The number of carbonyl (C=O) groups is 1. The van der Waals surface area contributed by atoms with E-state index in [1.807, 2.05) is 13.8 Å². The zero-order chi connectivity index (χ0) is 13.7. The quantitative estimate of drug-likeness (QED) is 0.897. The molecule has 1 aromatic carbocycles. The van der Waals surface area contributed by atoms with Crippen LogP contribution in [0.3, 0.4) is 0 Å². The van der Waals surface area contributed by atoms with Crippen molar-refractivity contribution in [3.63, 3.8) is 0 Å². The summed E-state index contributed by atoms with van der Waals surface area (Å²) in [6.07, 6.45) is 0.572. The number of aliphatic hydroxyl groups excluding tert-OH is 1. The average molecular weight is 335 g/mol. The van der Waals surface area contributed by atoms with E-state index in [4.69, 9.17) is 16.7 Å². The molecule has 5 heteroatoms. The Labute approximate surface area is 121 Å². The minimum Gasteiger partial charge on any atom is -0.396 e. The Morgan fingerprint density at radius 1 is 1.50 bits per heavy atom. The Morgan fingerprint density at radius 3 is 2.72 bits per heavy atom. The molecule has 0 saturated carbocycles. The number of hydrogen-bond acceptors (Lipinski definition) is 2. The predicted molar refractivity (Wildman–Crippen MR) is 77.0 cm³/mol. The van der Waals surface area contributed by atoms with Crippen LogP contribution in [0, 0.1) is 0 Å². The van der Waals surface area contributed by atoms with Crippen LogP contribution in [0.2, 0.25) is 5.02 Å². The van der Waals surface area contributed by atoms with E-state index in [1.165, 1.54) is 0 Å². The van der Waals surface area contributed by atoms with Gasteiger partial charge in [0.2, 0.25) is 0 Å². The van der Waals surface area contributed by atoms with Crippen LogP contribution < -0.4 is 0 Å². The maximum atomic E-state index is 12.4. The van der Waals surface area contributed by atoms with Crippen molar-refractivity contribution < 1.29 is 9.90 Å². The molecule has 0 bridgehead atoms. The number of hydrogen-bond donors (Lipinski definition) is 1. The van der Waals surface area contributed by atoms with E-state index in [9.17, 15) is 4.79 Å². The largest absolute Gasteiger partial charge is 0.396 e. The normalized spacial score (nSPS) is 10.8. The summed E-state index contributed by atoms with van der Waals surface area (Å²) in [5.74, 6) is -0.0761. The Kier molecular flexibility index (Phi) is 6.12. The number of rotatable bonds is 5. The highest BCUT2D eigenvalue weighted by molar-refractivity contribution is 9.10. The molecule has 0 aromatic heterocycles. The van der Waals surface area contributed by atoms with Gasteiger partial charge < -0.3 is 10.0 Å². The lowest BCUT2D eigenvalue weighted by atomic mass is 10.1. The molecule has 1 rings (SSSR count). The third-order valence-electron chi connectivity index (χ3n) is 2.60. The first-order chi connectivity index (χ1) is 8.47. The van der Waals surface area contributed by atoms with E-state index in [1.54, 1.807) is 23.1 Å². The van der Waals surface area contributed by atoms with Gasteiger partial charge in [-0.25, -0.2) is 0 Å². The molecule has 0 saturated heterocycles. The molecule has 1 aromatic rings. The zero-order valence-corrected chi connectivity index (χ0v) is 12.8. The monoisotopic (exact) mass is 333 g/mol. The molecule has 0 fully saturated rings. The second-order valence-electron chi connectivity index (χ2n) is 4.29. The first kappa shape index (κ1) is 15.5. The third kappa shape index (κ3) is 3.97. The number of halogens is 2. The summed E-state index contributed by atoms with van der Waals surface area (Å²) in [6, 6.07) is 5.23. The van der Waals surface area contributed by atoms with Crippen LogP contribution in [0.25, 0.3) is 0 Å². The highest BCUT2D eigenvalue weighted by Crippen LogP contribution is 2.23. The highest BCUT2D eigenvalue weighted by Gasteiger charge is 2.20. The Balaban J connectivity index is 2.98. The van der Waals surface area contributed by atoms with Crippen molar-refractivity contribution in [1.29, 1.82) is 0 Å². The minimum absolute atomic E-state index is 0.0761. The second-order valence-corrected chi connectivity index (χ2v) is 5.58. The lowest BCUT2D eigenvalue weighted by molar-refractivity contribution is 0.0692. The van der Waals surface area contributed by atoms with Crippen LogP contribution in [0.15, 0.2) is 22.7 Å². The van der Waals surface area contributed by atoms with Gasteiger partial charge in [-0.05, 0) is 54.4 Å². The second kappa shape index (κ2) is 7.12. The van der Waals surface area contributed by atoms with Gasteiger partial charge in [-0.1, -0.05) is 11.6 Å². The van der Waals surface area contributed by atoms with Gasteiger partial charge in [-0.15, -0.1) is 0 Å². The number of benzene rings is 1. The maximum absolute atomic E-state index is 12.4. The van der Waals surface area contributed by atoms with E-state index < -0.39 is 0 Å². The Morgan fingerprint density at radius 2 is 2.17 bits per heavy atom. The molecule has 1 amide bonds. The lowest BCUT2D eigenvalue weighted by Gasteiger charge is -2.27. The molecule has 18 heavy (non-hydrogen) atoms. The SMILES string of the molecule is CC(C)N(CCCO)C(=O)c1cc(Cl)ccc1Br. The van der Waals surface area contributed by atoms with Crippen LogP contribution in [-0.2, 0) is 0 Å². The molecule has 0 atom stereocenters. The smallest absolute Gasteiger partial charge is 0.255 e. The molecular weight excluding hydrogens is 318 g/mol. The van der Waals surface area contributed by atoms with E-state index >= 15 is 0 Å². The van der Waals surface area contributed by atoms with Crippen molar-refractivity contribution in [2.75, 3.05) is 13.2 Å². The minimum atomic E-state index is -0.0761. The van der Waals surface area contributed by atoms with Crippen molar-refractivity contribution in [3.05, 3.63) is 33.3 Å². The van der Waals surface area contributed by atoms with E-state index in [2.05, 4.69) is 15.9 Å². The first-order valence-electron chi connectivity index (χ1n) is 5.84. The van der Waals surface area contributed by atoms with Crippen molar-refractivity contribution in [2.45, 2.75) is 26.3 Å². The van der Waals surface area contributed by atoms with Crippen LogP contribution in [0.4, 0.5) is 0 Å². The summed E-state index contributed by atoms with van der Waals surface area (Å²) in [6.45, 7) is 4.51. The van der Waals surface area contributed by atoms with Gasteiger partial charge >= 0.3 is 0 Å². The molecular formula is C13H17BrClNO2. The fourth-order valence-electron chi connectivity index (χ4n) is 1.65. The summed E-state index contributed by atoms with van der Waals surface area (Å²) < 4.78 is 0.728. The van der Waals surface area contributed by atoms with Crippen molar-refractivity contribution in [1.82, 2.24) is 4.90 Å². The topological polar surface area (TPSA) is 40.5 Å². The van der Waals surface area contributed by atoms with Crippen LogP contribution in [-0.4, -0.2) is 35.1 Å². The number of aliphatic hydroxyl groups is 1. The molecule has 0 heterocycles. The molecule has 0 unspecified atom stereocenters. The molecule has 3 nitrogen and oxygen atoms in total. The van der Waals surface area contributed by atoms with Crippen molar-refractivity contribution >= 4 is 33.4 Å². The van der Waals surface area contributed by atoms with Gasteiger partial charge in [0.25, 0.3) is 5.91 Å². The van der Waals surface area contributed by atoms with Crippen molar-refractivity contribution in [2.24, 2.45) is 0 Å². The van der Waals surface area contributed by atoms with E-state index in [-0.39, 0.29) is 18.6 Å². The molecule has 0 aliphatic heterocycles. The molecule has 100 valence electrons. The van der Waals surface area contributed by atoms with Gasteiger partial charge in [0.05, 0.1) is 5.56 Å². The van der Waals surface area contributed by atoms with Crippen LogP contribution in [0.1, 0.15) is 30.6 Å². The first-order valence-corrected chi connectivity index (χ1v) is 7.01. The molecule has 0 radical (unpaired) electrons. The molecule has 0 spiro atoms. The van der Waals surface area contributed by atoms with Gasteiger partial charge in [0.1, 0.15) is 0 Å². The van der Waals surface area contributed by atoms with Gasteiger partial charge in [-0.3, -0.25) is 4.79 Å². The summed E-state index contributed by atoms with van der Waals surface area (Å²) >= 11 is 9.28. The Hall–Kier alpha value is -0.580. The number of amides is 1. The molecule has 0 aliphatic rings. The van der Waals surface area contributed by atoms with E-state index in [0.717, 1.165) is 4.47 Å². The van der Waals surface area contributed by atoms with Crippen LogP contribution >= 0.6 is 27.5 Å². The standard InChI is InChI=1S/C13H17BrClNO2/c1-9(2)16(6-3-7-17)13(18)11-8-10(15)4-5-12(11)14/h4-5,8-9,17H,3,6-7H2,1-2H3. The number of nitrogens with zero attached hydrogens (tertiary/aromatic N) is 1. The predicted octanol–water partition coefficient (Wildman–Crippen LogP) is 3.34. The summed E-state index contributed by atoms with van der Waals surface area (Å²) in [7, 11) is 0. The summed E-state index contributed by atoms with van der Waals surface area (Å²) in [5, 5.41) is 9.41. The fourth-order valence-corrected chi connectivity index (χ4v) is 2.24. The van der Waals surface area contributed by atoms with Gasteiger partial charge in [0, 0.05) is 28.7 Å². The van der Waals surface area contributed by atoms with Gasteiger partial charge in [0.15, 0.2) is 0 Å². The number of carbonyl (C=O) groups excluding carboxylic acids is 1. The zero-order valence-electron chi connectivity index (χ0n) is 10.5. The van der Waals surface area contributed by atoms with E-state index in [0.29, 0.717) is 23.6 Å². The molecule has 0 aliphatic carbocycles. The average Bonchev–Trinajstić information content (AvgIpc) is 2.32. The third-order valence-corrected chi connectivity index (χ3v) is 3.53. The maximum Gasteiger partial charge on any atom is 0.255 e. The highest BCUT2D eigenvalue weighted by atomic mass is 79.9.